The molecule has 0 aromatic carbocycles. The van der Waals surface area contributed by atoms with E-state index in [1.165, 1.54) is 17.1 Å². The topological polar surface area (TPSA) is 84.1 Å². The highest BCUT2D eigenvalue weighted by Crippen LogP contribution is 2.24. The number of thiophene rings is 1. The molecule has 0 unspecified atom stereocenters. The van der Waals surface area contributed by atoms with Crippen molar-refractivity contribution < 1.29 is 23.1 Å². The molecule has 0 saturated heterocycles. The van der Waals surface area contributed by atoms with Gasteiger partial charge in [0.05, 0.1) is 12.3 Å². The molecule has 2 aromatic heterocycles. The second kappa shape index (κ2) is 6.18. The third kappa shape index (κ3) is 3.76. The van der Waals surface area contributed by atoms with Gasteiger partial charge in [0.2, 0.25) is 0 Å². The van der Waals surface area contributed by atoms with Gasteiger partial charge in [0.15, 0.2) is 0 Å². The van der Waals surface area contributed by atoms with E-state index in [2.05, 4.69) is 15.5 Å². The predicted molar refractivity (Wildman–Crippen MR) is 66.1 cm³/mol. The molecule has 2 heterocycles. The van der Waals surface area contributed by atoms with Crippen molar-refractivity contribution in [2.24, 2.45) is 0 Å². The van der Waals surface area contributed by atoms with Gasteiger partial charge < -0.3 is 10.0 Å². The van der Waals surface area contributed by atoms with Crippen LogP contribution in [-0.4, -0.2) is 62.0 Å². The number of hydrogen-bond acceptors (Lipinski definition) is 6. The molecule has 7 nitrogen and oxygen atoms in total. The predicted octanol–water partition coefficient (Wildman–Crippen LogP) is 0.721. The van der Waals surface area contributed by atoms with Gasteiger partial charge in [0.1, 0.15) is 17.7 Å². The van der Waals surface area contributed by atoms with Gasteiger partial charge in [0, 0.05) is 6.54 Å². The van der Waals surface area contributed by atoms with Crippen molar-refractivity contribution in [3.8, 4) is 5.69 Å². The number of alkyl halides is 3. The fourth-order valence-corrected chi connectivity index (χ4v) is 2.49. The van der Waals surface area contributed by atoms with E-state index in [0.717, 1.165) is 11.3 Å². The molecule has 1 amide bonds. The smallest absolute Gasteiger partial charge is 0.395 e. The van der Waals surface area contributed by atoms with Crippen LogP contribution in [0, 0.1) is 0 Å². The Bertz CT molecular complexity index is 598. The fraction of sp³-hybridized carbons (Fsp3) is 0.400. The first kappa shape index (κ1) is 15.4. The molecule has 11 heteroatoms. The quantitative estimate of drug-likeness (QED) is 0.877. The monoisotopic (exact) mass is 321 g/mol. The summed E-state index contributed by atoms with van der Waals surface area (Å²) in [5, 5.41) is 20.8. The number of aliphatic hydroxyl groups excluding tert-OH is 1. The number of carbonyl (C=O) groups is 1. The van der Waals surface area contributed by atoms with Crippen LogP contribution in [0.25, 0.3) is 5.69 Å². The Balaban J connectivity index is 2.27. The van der Waals surface area contributed by atoms with Crippen LogP contribution in [0.15, 0.2) is 17.8 Å². The van der Waals surface area contributed by atoms with Gasteiger partial charge in [-0.15, -0.1) is 16.4 Å². The number of nitrogens with zero attached hydrogens (tertiary/aromatic N) is 5. The van der Waals surface area contributed by atoms with Crippen LogP contribution in [0.1, 0.15) is 9.67 Å². The van der Waals surface area contributed by atoms with Gasteiger partial charge in [-0.2, -0.15) is 17.9 Å². The summed E-state index contributed by atoms with van der Waals surface area (Å²) in [7, 11) is 0. The maximum absolute atomic E-state index is 12.5. The van der Waals surface area contributed by atoms with Crippen molar-refractivity contribution in [3.05, 3.63) is 22.7 Å². The summed E-state index contributed by atoms with van der Waals surface area (Å²) in [5.74, 6) is -0.832. The van der Waals surface area contributed by atoms with E-state index in [1.54, 1.807) is 5.38 Å². The summed E-state index contributed by atoms with van der Waals surface area (Å²) in [6, 6.07) is 1.53. The molecule has 114 valence electrons. The maximum Gasteiger partial charge on any atom is 0.406 e. The third-order valence-corrected chi connectivity index (χ3v) is 3.35. The summed E-state index contributed by atoms with van der Waals surface area (Å²) in [4.78, 5) is 12.8. The number of carbonyl (C=O) groups excluding carboxylic acids is 1. The van der Waals surface area contributed by atoms with E-state index in [9.17, 15) is 18.0 Å². The van der Waals surface area contributed by atoms with Crippen LogP contribution < -0.4 is 0 Å². The van der Waals surface area contributed by atoms with E-state index in [1.807, 2.05) is 0 Å². The molecule has 2 rings (SSSR count). The first-order valence-electron chi connectivity index (χ1n) is 5.70. The van der Waals surface area contributed by atoms with Crippen molar-refractivity contribution in [3.63, 3.8) is 0 Å². The molecular weight excluding hydrogens is 311 g/mol. The molecule has 0 bridgehead atoms. The van der Waals surface area contributed by atoms with Crippen molar-refractivity contribution >= 4 is 17.2 Å². The number of aliphatic hydroxyl groups is 1. The molecule has 0 radical (unpaired) electrons. The molecule has 1 N–H and O–H groups in total. The van der Waals surface area contributed by atoms with E-state index in [0.29, 0.717) is 10.6 Å². The fourth-order valence-electron chi connectivity index (χ4n) is 1.65. The van der Waals surface area contributed by atoms with Crippen molar-refractivity contribution in [1.29, 1.82) is 0 Å². The number of rotatable bonds is 5. The van der Waals surface area contributed by atoms with E-state index >= 15 is 0 Å². The van der Waals surface area contributed by atoms with Crippen molar-refractivity contribution in [2.45, 2.75) is 6.18 Å². The third-order valence-electron chi connectivity index (χ3n) is 2.46. The van der Waals surface area contributed by atoms with Crippen molar-refractivity contribution in [2.75, 3.05) is 19.7 Å². The van der Waals surface area contributed by atoms with Gasteiger partial charge in [-0.25, -0.2) is 0 Å². The molecule has 0 aliphatic rings. The molecule has 0 aliphatic heterocycles. The lowest BCUT2D eigenvalue weighted by Gasteiger charge is -2.22. The minimum atomic E-state index is -4.54. The second-order valence-electron chi connectivity index (χ2n) is 3.95. The van der Waals surface area contributed by atoms with Crippen LogP contribution in [0.4, 0.5) is 13.2 Å². The second-order valence-corrected chi connectivity index (χ2v) is 4.87. The SMILES string of the molecule is O=C(c1sccc1-n1cnnn1)N(CCO)CC(F)(F)F. The summed E-state index contributed by atoms with van der Waals surface area (Å²) in [6.07, 6.45) is -3.31. The minimum Gasteiger partial charge on any atom is -0.395 e. The number of hydrogen-bond donors (Lipinski definition) is 1. The Hall–Kier alpha value is -2.01. The zero-order chi connectivity index (χ0) is 15.5. The summed E-state index contributed by atoms with van der Waals surface area (Å²) < 4.78 is 38.7. The maximum atomic E-state index is 12.5. The van der Waals surface area contributed by atoms with Gasteiger partial charge in [-0.05, 0) is 21.9 Å². The van der Waals surface area contributed by atoms with Gasteiger partial charge in [-0.3, -0.25) is 4.79 Å². The molecular formula is C10H10F3N5O2S. The minimum absolute atomic E-state index is 0.0694. The molecule has 0 spiro atoms. The summed E-state index contributed by atoms with van der Waals surface area (Å²) in [6.45, 7) is -2.40. The summed E-state index contributed by atoms with van der Waals surface area (Å²) in [5.41, 5.74) is 0.292. The largest absolute Gasteiger partial charge is 0.406 e. The lowest BCUT2D eigenvalue weighted by atomic mass is 10.3. The van der Waals surface area contributed by atoms with Gasteiger partial charge >= 0.3 is 6.18 Å². The van der Waals surface area contributed by atoms with Crippen LogP contribution in [0.2, 0.25) is 0 Å². The lowest BCUT2D eigenvalue weighted by molar-refractivity contribution is -0.141. The molecule has 21 heavy (non-hydrogen) atoms. The Morgan fingerprint density at radius 3 is 2.81 bits per heavy atom. The summed E-state index contributed by atoms with van der Waals surface area (Å²) >= 11 is 0.979. The molecule has 0 aliphatic carbocycles. The average Bonchev–Trinajstić information content (AvgIpc) is 3.06. The van der Waals surface area contributed by atoms with Gasteiger partial charge in [0.25, 0.3) is 5.91 Å². The Labute approximate surface area is 120 Å². The first-order chi connectivity index (χ1) is 9.92. The Morgan fingerprint density at radius 2 is 2.24 bits per heavy atom. The highest BCUT2D eigenvalue weighted by molar-refractivity contribution is 7.12. The van der Waals surface area contributed by atoms with Gasteiger partial charge in [-0.1, -0.05) is 0 Å². The number of amides is 1. The van der Waals surface area contributed by atoms with E-state index in [4.69, 9.17) is 5.11 Å². The number of aromatic nitrogens is 4. The zero-order valence-electron chi connectivity index (χ0n) is 10.5. The van der Waals surface area contributed by atoms with E-state index < -0.39 is 31.8 Å². The van der Waals surface area contributed by atoms with E-state index in [-0.39, 0.29) is 4.88 Å². The molecule has 0 fully saturated rings. The molecule has 2 aromatic rings. The van der Waals surface area contributed by atoms with Crippen molar-refractivity contribution in [1.82, 2.24) is 25.1 Å². The van der Waals surface area contributed by atoms with Crippen LogP contribution in [-0.2, 0) is 0 Å². The molecule has 0 saturated carbocycles. The lowest BCUT2D eigenvalue weighted by Crippen LogP contribution is -2.40. The standard InChI is InChI=1S/C10H10F3N5O2S/c11-10(12,13)5-17(2-3-19)9(20)8-7(1-4-21-8)18-6-14-15-16-18/h1,4,6,19H,2-3,5H2. The highest BCUT2D eigenvalue weighted by Gasteiger charge is 2.34. The Morgan fingerprint density at radius 1 is 1.48 bits per heavy atom. The van der Waals surface area contributed by atoms with Crippen LogP contribution in [0.3, 0.4) is 0 Å². The van der Waals surface area contributed by atoms with Crippen LogP contribution in [0.5, 0.6) is 0 Å². The normalized spacial score (nSPS) is 11.6. The Kier molecular flexibility index (Phi) is 4.53. The first-order valence-corrected chi connectivity index (χ1v) is 6.58. The average molecular weight is 321 g/mol. The molecule has 0 atom stereocenters. The number of halogens is 3. The van der Waals surface area contributed by atoms with Crippen LogP contribution >= 0.6 is 11.3 Å². The highest BCUT2D eigenvalue weighted by atomic mass is 32.1. The zero-order valence-corrected chi connectivity index (χ0v) is 11.3. The number of tetrazole rings is 1.